The number of carbonyl (C=O) groups excluding carboxylic acids is 1. The molecule has 1 unspecified atom stereocenters. The molecule has 21 heavy (non-hydrogen) atoms. The highest BCUT2D eigenvalue weighted by atomic mass is 16.5. The third-order valence-corrected chi connectivity index (χ3v) is 3.51. The van der Waals surface area contributed by atoms with Gasteiger partial charge in [0.25, 0.3) is 5.91 Å². The second-order valence-corrected chi connectivity index (χ2v) is 5.28. The van der Waals surface area contributed by atoms with Gasteiger partial charge in [0.2, 0.25) is 0 Å². The number of nitrogens with one attached hydrogen (secondary N) is 1. The molecular formula is C16H22N2O3. The minimum absolute atomic E-state index is 0.0179. The molecule has 2 heterocycles. The van der Waals surface area contributed by atoms with Crippen LogP contribution in [0.2, 0.25) is 0 Å². The van der Waals surface area contributed by atoms with E-state index in [9.17, 15) is 4.79 Å². The molecule has 2 aromatic rings. The van der Waals surface area contributed by atoms with Crippen LogP contribution >= 0.6 is 0 Å². The van der Waals surface area contributed by atoms with E-state index < -0.39 is 0 Å². The minimum atomic E-state index is -0.0710. The van der Waals surface area contributed by atoms with Crippen LogP contribution in [0.15, 0.2) is 28.9 Å². The molecule has 0 saturated carbocycles. The molecule has 5 heteroatoms. The molecule has 0 fully saturated rings. The van der Waals surface area contributed by atoms with Crippen molar-refractivity contribution in [2.75, 3.05) is 13.7 Å². The summed E-state index contributed by atoms with van der Waals surface area (Å²) in [5, 5.41) is 2.94. The van der Waals surface area contributed by atoms with Crippen LogP contribution in [0, 0.1) is 13.8 Å². The predicted molar refractivity (Wildman–Crippen MR) is 80.5 cm³/mol. The molecule has 0 spiro atoms. The molecule has 0 aliphatic heterocycles. The minimum Gasteiger partial charge on any atom is -0.467 e. The van der Waals surface area contributed by atoms with Crippen LogP contribution in [-0.4, -0.2) is 30.2 Å². The van der Waals surface area contributed by atoms with Crippen molar-refractivity contribution in [1.29, 1.82) is 0 Å². The Bertz CT molecular complexity index is 599. The van der Waals surface area contributed by atoms with Gasteiger partial charge < -0.3 is 19.0 Å². The van der Waals surface area contributed by atoms with Gasteiger partial charge >= 0.3 is 0 Å². The summed E-state index contributed by atoms with van der Waals surface area (Å²) >= 11 is 0. The van der Waals surface area contributed by atoms with Crippen molar-refractivity contribution in [1.82, 2.24) is 9.88 Å². The highest BCUT2D eigenvalue weighted by Crippen LogP contribution is 2.17. The first-order valence-electron chi connectivity index (χ1n) is 7.01. The third kappa shape index (κ3) is 3.55. The molecule has 0 aliphatic rings. The van der Waals surface area contributed by atoms with Crippen molar-refractivity contribution in [3.8, 4) is 0 Å². The topological polar surface area (TPSA) is 56.4 Å². The zero-order valence-electron chi connectivity index (χ0n) is 13.0. The summed E-state index contributed by atoms with van der Waals surface area (Å²) in [7, 11) is 1.62. The van der Waals surface area contributed by atoms with Crippen molar-refractivity contribution in [3.05, 3.63) is 47.2 Å². The fourth-order valence-corrected chi connectivity index (χ4v) is 2.43. The standard InChI is InChI=1S/C16H22N2O3/c1-11(10-20-4)17-16(19)15-8-12(2)18(13(15)3)9-14-6-5-7-21-14/h5-8,11H,9-10H2,1-4H3,(H,17,19). The maximum absolute atomic E-state index is 12.3. The van der Waals surface area contributed by atoms with E-state index in [4.69, 9.17) is 9.15 Å². The lowest BCUT2D eigenvalue weighted by Gasteiger charge is -2.13. The highest BCUT2D eigenvalue weighted by Gasteiger charge is 2.17. The fraction of sp³-hybridized carbons (Fsp3) is 0.438. The molecular weight excluding hydrogens is 268 g/mol. The summed E-state index contributed by atoms with van der Waals surface area (Å²) < 4.78 is 12.5. The first kappa shape index (κ1) is 15.4. The quantitative estimate of drug-likeness (QED) is 0.889. The van der Waals surface area contributed by atoms with Crippen molar-refractivity contribution in [2.24, 2.45) is 0 Å². The van der Waals surface area contributed by atoms with Crippen LogP contribution in [0.4, 0.5) is 0 Å². The first-order valence-corrected chi connectivity index (χ1v) is 7.01. The monoisotopic (exact) mass is 290 g/mol. The van der Waals surface area contributed by atoms with Crippen molar-refractivity contribution >= 4 is 5.91 Å². The van der Waals surface area contributed by atoms with E-state index in [2.05, 4.69) is 9.88 Å². The maximum atomic E-state index is 12.3. The van der Waals surface area contributed by atoms with Crippen molar-refractivity contribution < 1.29 is 13.9 Å². The van der Waals surface area contributed by atoms with Crippen molar-refractivity contribution in [2.45, 2.75) is 33.4 Å². The Morgan fingerprint density at radius 2 is 2.24 bits per heavy atom. The number of nitrogens with zero attached hydrogens (tertiary/aromatic N) is 1. The van der Waals surface area contributed by atoms with Gasteiger partial charge in [-0.2, -0.15) is 0 Å². The van der Waals surface area contributed by atoms with Gasteiger partial charge in [-0.3, -0.25) is 4.79 Å². The van der Waals surface area contributed by atoms with E-state index in [0.717, 1.165) is 17.1 Å². The largest absolute Gasteiger partial charge is 0.467 e. The number of hydrogen-bond donors (Lipinski definition) is 1. The molecule has 0 aliphatic carbocycles. The number of ether oxygens (including phenoxy) is 1. The Labute approximate surface area is 124 Å². The van der Waals surface area contributed by atoms with E-state index >= 15 is 0 Å². The Kier molecular flexibility index (Phi) is 4.85. The van der Waals surface area contributed by atoms with Gasteiger partial charge in [0.1, 0.15) is 5.76 Å². The second-order valence-electron chi connectivity index (χ2n) is 5.28. The zero-order chi connectivity index (χ0) is 15.4. The van der Waals surface area contributed by atoms with Crippen LogP contribution < -0.4 is 5.32 Å². The highest BCUT2D eigenvalue weighted by molar-refractivity contribution is 5.95. The number of rotatable bonds is 6. The van der Waals surface area contributed by atoms with Crippen LogP contribution in [0.5, 0.6) is 0 Å². The number of carbonyl (C=O) groups is 1. The van der Waals surface area contributed by atoms with E-state index in [1.54, 1.807) is 13.4 Å². The Morgan fingerprint density at radius 3 is 2.86 bits per heavy atom. The van der Waals surface area contributed by atoms with E-state index in [1.165, 1.54) is 0 Å². The number of aryl methyl sites for hydroxylation is 1. The molecule has 5 nitrogen and oxygen atoms in total. The van der Waals surface area contributed by atoms with Gasteiger partial charge in [-0.05, 0) is 39.0 Å². The van der Waals surface area contributed by atoms with Gasteiger partial charge in [-0.1, -0.05) is 0 Å². The molecule has 0 radical (unpaired) electrons. The first-order chi connectivity index (χ1) is 10.0. The Balaban J connectivity index is 2.16. The summed E-state index contributed by atoms with van der Waals surface area (Å²) in [6.07, 6.45) is 1.66. The van der Waals surface area contributed by atoms with E-state index in [1.807, 2.05) is 39.0 Å². The molecule has 2 rings (SSSR count). The SMILES string of the molecule is COCC(C)NC(=O)c1cc(C)n(Cc2ccco2)c1C. The number of aromatic nitrogens is 1. The van der Waals surface area contributed by atoms with Gasteiger partial charge in [-0.15, -0.1) is 0 Å². The van der Waals surface area contributed by atoms with Gasteiger partial charge in [0.15, 0.2) is 0 Å². The molecule has 1 N–H and O–H groups in total. The van der Waals surface area contributed by atoms with Gasteiger partial charge in [0, 0.05) is 24.5 Å². The summed E-state index contributed by atoms with van der Waals surface area (Å²) in [4.78, 5) is 12.3. The second kappa shape index (κ2) is 6.63. The summed E-state index contributed by atoms with van der Waals surface area (Å²) in [5.74, 6) is 0.801. The van der Waals surface area contributed by atoms with E-state index in [0.29, 0.717) is 18.7 Å². The van der Waals surface area contributed by atoms with Crippen LogP contribution in [0.3, 0.4) is 0 Å². The molecule has 1 atom stereocenters. The van der Waals surface area contributed by atoms with Gasteiger partial charge in [0.05, 0.1) is 25.0 Å². The number of amides is 1. The normalized spacial score (nSPS) is 12.4. The lowest BCUT2D eigenvalue weighted by atomic mass is 10.2. The summed E-state index contributed by atoms with van der Waals surface area (Å²) in [6.45, 7) is 6.99. The smallest absolute Gasteiger partial charge is 0.253 e. The van der Waals surface area contributed by atoms with E-state index in [-0.39, 0.29) is 11.9 Å². The Morgan fingerprint density at radius 1 is 1.48 bits per heavy atom. The average molecular weight is 290 g/mol. The average Bonchev–Trinajstić information content (AvgIpc) is 3.02. The summed E-state index contributed by atoms with van der Waals surface area (Å²) in [6, 6.07) is 5.69. The lowest BCUT2D eigenvalue weighted by Crippen LogP contribution is -2.35. The lowest BCUT2D eigenvalue weighted by molar-refractivity contribution is 0.0905. The van der Waals surface area contributed by atoms with Crippen LogP contribution in [-0.2, 0) is 11.3 Å². The number of methoxy groups -OCH3 is 1. The van der Waals surface area contributed by atoms with Crippen molar-refractivity contribution in [3.63, 3.8) is 0 Å². The molecule has 114 valence electrons. The van der Waals surface area contributed by atoms with Gasteiger partial charge in [-0.25, -0.2) is 0 Å². The van der Waals surface area contributed by atoms with Crippen LogP contribution in [0.25, 0.3) is 0 Å². The molecule has 0 aromatic carbocycles. The number of furan rings is 1. The fourth-order valence-electron chi connectivity index (χ4n) is 2.43. The maximum Gasteiger partial charge on any atom is 0.253 e. The zero-order valence-corrected chi connectivity index (χ0v) is 13.0. The summed E-state index contributed by atoms with van der Waals surface area (Å²) in [5.41, 5.74) is 2.67. The molecule has 0 bridgehead atoms. The molecule has 0 saturated heterocycles. The third-order valence-electron chi connectivity index (χ3n) is 3.51. The predicted octanol–water partition coefficient (Wildman–Crippen LogP) is 2.51. The number of hydrogen-bond acceptors (Lipinski definition) is 3. The molecule has 1 amide bonds. The van der Waals surface area contributed by atoms with Crippen LogP contribution in [0.1, 0.15) is 34.4 Å². The molecule has 2 aromatic heterocycles. The Hall–Kier alpha value is -2.01.